The molecule has 1 aromatic rings. The van der Waals surface area contributed by atoms with E-state index >= 15 is 0 Å². The van der Waals surface area contributed by atoms with Crippen molar-refractivity contribution < 1.29 is 14.4 Å². The molecule has 6 heteroatoms. The second-order valence-electron chi connectivity index (χ2n) is 6.36. The third-order valence-corrected chi connectivity index (χ3v) is 4.17. The van der Waals surface area contributed by atoms with Gasteiger partial charge < -0.3 is 15.1 Å². The molecule has 2 rings (SSSR count). The fraction of sp³-hybridized carbons (Fsp3) is 0.500. The number of hydrogen-bond donors (Lipinski definition) is 1. The van der Waals surface area contributed by atoms with E-state index in [1.54, 1.807) is 43.3 Å². The summed E-state index contributed by atoms with van der Waals surface area (Å²) in [5.74, 6) is -0.483. The van der Waals surface area contributed by atoms with Gasteiger partial charge >= 0.3 is 0 Å². The summed E-state index contributed by atoms with van der Waals surface area (Å²) in [5, 5.41) is 2.83. The van der Waals surface area contributed by atoms with Gasteiger partial charge in [0.15, 0.2) is 0 Å². The molecule has 0 unspecified atom stereocenters. The molecule has 0 bridgehead atoms. The van der Waals surface area contributed by atoms with Crippen LogP contribution >= 0.6 is 0 Å². The van der Waals surface area contributed by atoms with Gasteiger partial charge in [-0.25, -0.2) is 0 Å². The van der Waals surface area contributed by atoms with Gasteiger partial charge in [0, 0.05) is 44.9 Å². The SMILES string of the molecule is CCCCN1C[C@H](C(=O)Nc2ccc(C(=O)N(C)C)cc2)CC1=O. The van der Waals surface area contributed by atoms with Crippen molar-refractivity contribution in [3.8, 4) is 0 Å². The van der Waals surface area contributed by atoms with Crippen molar-refractivity contribution in [1.82, 2.24) is 9.80 Å². The molecule has 1 aliphatic heterocycles. The Morgan fingerprint density at radius 3 is 2.50 bits per heavy atom. The summed E-state index contributed by atoms with van der Waals surface area (Å²) >= 11 is 0. The van der Waals surface area contributed by atoms with Crippen molar-refractivity contribution >= 4 is 23.4 Å². The molecule has 1 saturated heterocycles. The minimum Gasteiger partial charge on any atom is -0.345 e. The van der Waals surface area contributed by atoms with Crippen molar-refractivity contribution in [2.24, 2.45) is 5.92 Å². The fourth-order valence-corrected chi connectivity index (χ4v) is 2.71. The molecule has 3 amide bonds. The van der Waals surface area contributed by atoms with Crippen LogP contribution in [0.25, 0.3) is 0 Å². The van der Waals surface area contributed by atoms with Gasteiger partial charge in [-0.1, -0.05) is 13.3 Å². The number of nitrogens with zero attached hydrogens (tertiary/aromatic N) is 2. The maximum Gasteiger partial charge on any atom is 0.253 e. The maximum atomic E-state index is 12.3. The van der Waals surface area contributed by atoms with Crippen LogP contribution in [0.5, 0.6) is 0 Å². The lowest BCUT2D eigenvalue weighted by Crippen LogP contribution is -2.29. The molecule has 6 nitrogen and oxygen atoms in total. The van der Waals surface area contributed by atoms with Gasteiger partial charge in [-0.2, -0.15) is 0 Å². The van der Waals surface area contributed by atoms with E-state index in [2.05, 4.69) is 12.2 Å². The summed E-state index contributed by atoms with van der Waals surface area (Å²) in [5.41, 5.74) is 1.20. The number of carbonyl (C=O) groups is 3. The van der Waals surface area contributed by atoms with E-state index in [1.807, 2.05) is 0 Å². The molecule has 0 saturated carbocycles. The summed E-state index contributed by atoms with van der Waals surface area (Å²) < 4.78 is 0. The smallest absolute Gasteiger partial charge is 0.253 e. The minimum atomic E-state index is -0.308. The van der Waals surface area contributed by atoms with Crippen LogP contribution in [0, 0.1) is 5.92 Å². The number of amides is 3. The molecule has 1 N–H and O–H groups in total. The molecule has 1 atom stereocenters. The largest absolute Gasteiger partial charge is 0.345 e. The van der Waals surface area contributed by atoms with Gasteiger partial charge in [0.05, 0.1) is 5.92 Å². The van der Waals surface area contributed by atoms with Crippen molar-refractivity contribution in [2.75, 3.05) is 32.5 Å². The highest BCUT2D eigenvalue weighted by molar-refractivity contribution is 5.98. The predicted octanol–water partition coefficient (Wildman–Crippen LogP) is 1.98. The topological polar surface area (TPSA) is 69.7 Å². The average molecular weight is 331 g/mol. The van der Waals surface area contributed by atoms with Crippen LogP contribution in [-0.2, 0) is 9.59 Å². The zero-order valence-corrected chi connectivity index (χ0v) is 14.5. The molecule has 1 aliphatic rings. The van der Waals surface area contributed by atoms with Crippen molar-refractivity contribution in [3.63, 3.8) is 0 Å². The molecule has 1 fully saturated rings. The van der Waals surface area contributed by atoms with Crippen molar-refractivity contribution in [3.05, 3.63) is 29.8 Å². The molecule has 1 heterocycles. The zero-order chi connectivity index (χ0) is 17.7. The number of unbranched alkanes of at least 4 members (excludes halogenated alkanes) is 1. The Morgan fingerprint density at radius 1 is 1.25 bits per heavy atom. The van der Waals surface area contributed by atoms with Gasteiger partial charge in [0.1, 0.15) is 0 Å². The quantitative estimate of drug-likeness (QED) is 0.866. The lowest BCUT2D eigenvalue weighted by atomic mass is 10.1. The molecule has 0 spiro atoms. The van der Waals surface area contributed by atoms with Crippen LogP contribution in [0.15, 0.2) is 24.3 Å². The molecular formula is C18H25N3O3. The summed E-state index contributed by atoms with van der Waals surface area (Å²) in [6.45, 7) is 3.29. The van der Waals surface area contributed by atoms with Gasteiger partial charge in [0.2, 0.25) is 11.8 Å². The van der Waals surface area contributed by atoms with E-state index in [4.69, 9.17) is 0 Å². The summed E-state index contributed by atoms with van der Waals surface area (Å²) in [4.78, 5) is 39.4. The number of carbonyl (C=O) groups excluding carboxylic acids is 3. The number of hydrogen-bond acceptors (Lipinski definition) is 3. The Morgan fingerprint density at radius 2 is 1.92 bits per heavy atom. The third kappa shape index (κ3) is 4.34. The third-order valence-electron chi connectivity index (χ3n) is 4.17. The highest BCUT2D eigenvalue weighted by Crippen LogP contribution is 2.20. The molecule has 0 aromatic heterocycles. The molecule has 130 valence electrons. The number of nitrogens with one attached hydrogen (secondary N) is 1. The van der Waals surface area contributed by atoms with Crippen molar-refractivity contribution in [1.29, 1.82) is 0 Å². The average Bonchev–Trinajstić information content (AvgIpc) is 2.94. The van der Waals surface area contributed by atoms with Gasteiger partial charge in [-0.15, -0.1) is 0 Å². The van der Waals surface area contributed by atoms with E-state index in [-0.39, 0.29) is 30.1 Å². The van der Waals surface area contributed by atoms with Crippen LogP contribution in [0.3, 0.4) is 0 Å². The summed E-state index contributed by atoms with van der Waals surface area (Å²) in [7, 11) is 3.39. The summed E-state index contributed by atoms with van der Waals surface area (Å²) in [6.07, 6.45) is 2.26. The first-order valence-electron chi connectivity index (χ1n) is 8.32. The van der Waals surface area contributed by atoms with Crippen LogP contribution < -0.4 is 5.32 Å². The number of likely N-dealkylation sites (tertiary alicyclic amines) is 1. The number of anilines is 1. The predicted molar refractivity (Wildman–Crippen MR) is 92.7 cm³/mol. The number of benzene rings is 1. The van der Waals surface area contributed by atoms with E-state index in [9.17, 15) is 14.4 Å². The van der Waals surface area contributed by atoms with E-state index < -0.39 is 0 Å². The molecule has 1 aromatic carbocycles. The lowest BCUT2D eigenvalue weighted by Gasteiger charge is -2.16. The zero-order valence-electron chi connectivity index (χ0n) is 14.5. The standard InChI is InChI=1S/C18H25N3O3/c1-4-5-10-21-12-14(11-16(21)22)17(23)19-15-8-6-13(7-9-15)18(24)20(2)3/h6-9,14H,4-5,10-12H2,1-3H3,(H,19,23)/t14-/m1/s1. The van der Waals surface area contributed by atoms with Gasteiger partial charge in [-0.3, -0.25) is 14.4 Å². The Balaban J connectivity index is 1.93. The first-order valence-corrected chi connectivity index (χ1v) is 8.32. The van der Waals surface area contributed by atoms with E-state index in [0.29, 0.717) is 17.8 Å². The van der Waals surface area contributed by atoms with Gasteiger partial charge in [0.25, 0.3) is 5.91 Å². The second-order valence-corrected chi connectivity index (χ2v) is 6.36. The van der Waals surface area contributed by atoms with Crippen LogP contribution in [0.1, 0.15) is 36.5 Å². The van der Waals surface area contributed by atoms with E-state index in [0.717, 1.165) is 19.4 Å². The van der Waals surface area contributed by atoms with Crippen LogP contribution in [0.4, 0.5) is 5.69 Å². The van der Waals surface area contributed by atoms with Crippen molar-refractivity contribution in [2.45, 2.75) is 26.2 Å². The highest BCUT2D eigenvalue weighted by Gasteiger charge is 2.33. The van der Waals surface area contributed by atoms with Crippen LogP contribution in [-0.4, -0.2) is 54.7 Å². The monoisotopic (exact) mass is 331 g/mol. The minimum absolute atomic E-state index is 0.0514. The fourth-order valence-electron chi connectivity index (χ4n) is 2.71. The second kappa shape index (κ2) is 7.95. The molecule has 24 heavy (non-hydrogen) atoms. The van der Waals surface area contributed by atoms with E-state index in [1.165, 1.54) is 4.90 Å². The maximum absolute atomic E-state index is 12.3. The highest BCUT2D eigenvalue weighted by atomic mass is 16.2. The first kappa shape index (κ1) is 18.0. The molecular weight excluding hydrogens is 306 g/mol. The summed E-state index contributed by atoms with van der Waals surface area (Å²) in [6, 6.07) is 6.79. The normalized spacial score (nSPS) is 17.0. The Kier molecular flexibility index (Phi) is 5.95. The Labute approximate surface area is 142 Å². The first-order chi connectivity index (χ1) is 11.4. The van der Waals surface area contributed by atoms with Gasteiger partial charge in [-0.05, 0) is 30.7 Å². The molecule has 0 aliphatic carbocycles. The van der Waals surface area contributed by atoms with Crippen LogP contribution in [0.2, 0.25) is 0 Å². The molecule has 0 radical (unpaired) electrons. The lowest BCUT2D eigenvalue weighted by molar-refractivity contribution is -0.128. The Bertz CT molecular complexity index is 610. The Hall–Kier alpha value is -2.37. The number of rotatable bonds is 6.